The lowest BCUT2D eigenvalue weighted by atomic mass is 10.3. The largest absolute Gasteiger partial charge is 0.390 e. The maximum Gasteiger partial charge on any atom is 0.0840 e. The highest BCUT2D eigenvalue weighted by atomic mass is 35.5. The summed E-state index contributed by atoms with van der Waals surface area (Å²) >= 11 is 5.55. The van der Waals surface area contributed by atoms with Crippen molar-refractivity contribution >= 4 is 11.6 Å². The summed E-state index contributed by atoms with van der Waals surface area (Å²) in [6.07, 6.45) is -0.332. The molecule has 2 nitrogen and oxygen atoms in total. The van der Waals surface area contributed by atoms with Crippen LogP contribution in [0.3, 0.4) is 0 Å². The van der Waals surface area contributed by atoms with Gasteiger partial charge in [0.05, 0.1) is 11.5 Å². The Kier molecular flexibility index (Phi) is 1.52. The van der Waals surface area contributed by atoms with Gasteiger partial charge in [0.25, 0.3) is 0 Å². The van der Waals surface area contributed by atoms with E-state index in [9.17, 15) is 0 Å². The van der Waals surface area contributed by atoms with Gasteiger partial charge >= 0.3 is 0 Å². The van der Waals surface area contributed by atoms with Crippen LogP contribution >= 0.6 is 11.6 Å². The smallest absolute Gasteiger partial charge is 0.0840 e. The summed E-state index contributed by atoms with van der Waals surface area (Å²) in [6, 6.07) is 0. The fourth-order valence-electron chi connectivity index (χ4n) is 0.633. The van der Waals surface area contributed by atoms with Crippen molar-refractivity contribution in [2.75, 3.05) is 13.1 Å². The fraction of sp³-hybridized carbons (Fsp3) is 1.00. The zero-order chi connectivity index (χ0) is 5.28. The Morgan fingerprint density at radius 3 is 2.43 bits per heavy atom. The lowest BCUT2D eigenvalue weighted by Gasteiger charge is -2.00. The molecule has 0 aliphatic carbocycles. The Balaban J connectivity index is 2.33. The number of aliphatic hydroxyl groups is 1. The highest BCUT2D eigenvalue weighted by Gasteiger charge is 2.21. The third-order valence-corrected chi connectivity index (χ3v) is 1.56. The van der Waals surface area contributed by atoms with Crippen molar-refractivity contribution in [1.82, 2.24) is 5.32 Å². The van der Waals surface area contributed by atoms with Crippen LogP contribution in [-0.2, 0) is 0 Å². The molecule has 0 spiro atoms. The maximum atomic E-state index is 8.80. The van der Waals surface area contributed by atoms with Gasteiger partial charge in [0, 0.05) is 13.1 Å². The second-order valence-corrected chi connectivity index (χ2v) is 2.30. The van der Waals surface area contributed by atoms with Crippen molar-refractivity contribution in [3.05, 3.63) is 0 Å². The highest BCUT2D eigenvalue weighted by molar-refractivity contribution is 6.21. The standard InChI is InChI=1S/C4H8ClNO/c5-3-1-6-2-4(3)7/h3-4,6-7H,1-2H2/t3-,4-/m0/s1. The maximum absolute atomic E-state index is 8.80. The van der Waals surface area contributed by atoms with E-state index in [4.69, 9.17) is 16.7 Å². The number of halogens is 1. The van der Waals surface area contributed by atoms with E-state index < -0.39 is 0 Å². The van der Waals surface area contributed by atoms with Crippen LogP contribution in [0.2, 0.25) is 0 Å². The molecule has 0 aromatic carbocycles. The Bertz CT molecular complexity index is 60.7. The van der Waals surface area contributed by atoms with Crippen molar-refractivity contribution in [2.24, 2.45) is 0 Å². The zero-order valence-electron chi connectivity index (χ0n) is 3.89. The number of nitrogens with one attached hydrogen (secondary N) is 1. The summed E-state index contributed by atoms with van der Waals surface area (Å²) in [4.78, 5) is 0. The molecule has 2 atom stereocenters. The lowest BCUT2D eigenvalue weighted by molar-refractivity contribution is 0.199. The number of aliphatic hydroxyl groups excluding tert-OH is 1. The Morgan fingerprint density at radius 1 is 1.57 bits per heavy atom. The van der Waals surface area contributed by atoms with Gasteiger partial charge in [-0.1, -0.05) is 0 Å². The molecule has 1 fully saturated rings. The zero-order valence-corrected chi connectivity index (χ0v) is 4.65. The molecule has 1 saturated heterocycles. The van der Waals surface area contributed by atoms with Crippen molar-refractivity contribution in [1.29, 1.82) is 0 Å². The first-order valence-corrected chi connectivity index (χ1v) is 2.77. The van der Waals surface area contributed by atoms with Gasteiger partial charge in [-0.2, -0.15) is 0 Å². The molecule has 42 valence electrons. The Morgan fingerprint density at radius 2 is 2.29 bits per heavy atom. The van der Waals surface area contributed by atoms with Crippen molar-refractivity contribution < 1.29 is 5.11 Å². The Labute approximate surface area is 47.5 Å². The van der Waals surface area contributed by atoms with Crippen LogP contribution in [0.25, 0.3) is 0 Å². The number of alkyl halides is 1. The van der Waals surface area contributed by atoms with E-state index in [0.29, 0.717) is 6.54 Å². The van der Waals surface area contributed by atoms with Crippen LogP contribution in [0.4, 0.5) is 0 Å². The van der Waals surface area contributed by atoms with Crippen LogP contribution < -0.4 is 5.32 Å². The first-order valence-electron chi connectivity index (χ1n) is 2.33. The molecule has 1 aliphatic rings. The second-order valence-electron chi connectivity index (χ2n) is 1.74. The molecule has 0 unspecified atom stereocenters. The van der Waals surface area contributed by atoms with Crippen molar-refractivity contribution in [3.8, 4) is 0 Å². The molecule has 0 bridgehead atoms. The molecule has 1 aliphatic heterocycles. The minimum Gasteiger partial charge on any atom is -0.390 e. The monoisotopic (exact) mass is 121 g/mol. The van der Waals surface area contributed by atoms with Gasteiger partial charge < -0.3 is 10.4 Å². The third kappa shape index (κ3) is 1.06. The van der Waals surface area contributed by atoms with Gasteiger partial charge in [0.1, 0.15) is 0 Å². The second kappa shape index (κ2) is 1.99. The Hall–Kier alpha value is 0.210. The molecule has 7 heavy (non-hydrogen) atoms. The van der Waals surface area contributed by atoms with Crippen LogP contribution in [0.5, 0.6) is 0 Å². The van der Waals surface area contributed by atoms with Crippen LogP contribution in [0.1, 0.15) is 0 Å². The minimum absolute atomic E-state index is 0.0694. The van der Waals surface area contributed by atoms with Crippen LogP contribution in [-0.4, -0.2) is 29.7 Å². The highest BCUT2D eigenvalue weighted by Crippen LogP contribution is 2.05. The quantitative estimate of drug-likeness (QED) is 0.426. The molecule has 1 rings (SSSR count). The lowest BCUT2D eigenvalue weighted by Crippen LogP contribution is -2.17. The van der Waals surface area contributed by atoms with Gasteiger partial charge in [0.2, 0.25) is 0 Å². The van der Waals surface area contributed by atoms with E-state index in [0.717, 1.165) is 6.54 Å². The molecular weight excluding hydrogens is 114 g/mol. The first-order chi connectivity index (χ1) is 3.30. The van der Waals surface area contributed by atoms with Gasteiger partial charge in [-0.3, -0.25) is 0 Å². The summed E-state index contributed by atoms with van der Waals surface area (Å²) in [6.45, 7) is 1.39. The number of hydrogen-bond donors (Lipinski definition) is 2. The molecule has 1 heterocycles. The van der Waals surface area contributed by atoms with Gasteiger partial charge in [-0.15, -0.1) is 11.6 Å². The van der Waals surface area contributed by atoms with Gasteiger partial charge in [0.15, 0.2) is 0 Å². The summed E-state index contributed by atoms with van der Waals surface area (Å²) in [5.74, 6) is 0. The van der Waals surface area contributed by atoms with Gasteiger partial charge in [-0.25, -0.2) is 0 Å². The molecule has 3 heteroatoms. The van der Waals surface area contributed by atoms with E-state index in [2.05, 4.69) is 5.32 Å². The predicted octanol–water partition coefficient (Wildman–Crippen LogP) is -0.442. The van der Waals surface area contributed by atoms with Crippen molar-refractivity contribution in [3.63, 3.8) is 0 Å². The molecule has 0 amide bonds. The SMILES string of the molecule is O[C@H]1CNC[C@@H]1Cl. The number of hydrogen-bond acceptors (Lipinski definition) is 2. The molecule has 0 aromatic heterocycles. The number of β-amino-alcohol motifs (C(OH)–C–C–N with tert-alkyl or cyclic N) is 1. The first kappa shape index (κ1) is 5.35. The minimum atomic E-state index is -0.332. The van der Waals surface area contributed by atoms with E-state index in [-0.39, 0.29) is 11.5 Å². The fourth-order valence-corrected chi connectivity index (χ4v) is 0.831. The summed E-state index contributed by atoms with van der Waals surface area (Å²) < 4.78 is 0. The molecule has 0 saturated carbocycles. The van der Waals surface area contributed by atoms with Crippen molar-refractivity contribution in [2.45, 2.75) is 11.5 Å². The third-order valence-electron chi connectivity index (χ3n) is 1.11. The van der Waals surface area contributed by atoms with Crippen LogP contribution in [0, 0.1) is 0 Å². The molecule has 0 aromatic rings. The topological polar surface area (TPSA) is 32.3 Å². The van der Waals surface area contributed by atoms with Crippen LogP contribution in [0.15, 0.2) is 0 Å². The van der Waals surface area contributed by atoms with E-state index in [1.807, 2.05) is 0 Å². The molecule has 2 N–H and O–H groups in total. The number of rotatable bonds is 0. The normalized spacial score (nSPS) is 42.0. The van der Waals surface area contributed by atoms with Gasteiger partial charge in [-0.05, 0) is 0 Å². The van der Waals surface area contributed by atoms with E-state index >= 15 is 0 Å². The summed E-state index contributed by atoms with van der Waals surface area (Å²) in [7, 11) is 0. The predicted molar refractivity (Wildman–Crippen MR) is 28.5 cm³/mol. The average Bonchev–Trinajstić information content (AvgIpc) is 1.91. The summed E-state index contributed by atoms with van der Waals surface area (Å²) in [5.41, 5.74) is 0. The molecular formula is C4H8ClNO. The van der Waals surface area contributed by atoms with E-state index in [1.54, 1.807) is 0 Å². The van der Waals surface area contributed by atoms with E-state index in [1.165, 1.54) is 0 Å². The molecule has 0 radical (unpaired) electrons. The summed E-state index contributed by atoms with van der Waals surface area (Å²) in [5, 5.41) is 11.7. The average molecular weight is 122 g/mol.